The first-order chi connectivity index (χ1) is 5.58. The first kappa shape index (κ1) is 10.0. The van der Waals surface area contributed by atoms with Crippen LogP contribution in [-0.2, 0) is 0 Å². The molecule has 1 fully saturated rings. The molecule has 12 heavy (non-hydrogen) atoms. The van der Waals surface area contributed by atoms with E-state index in [0.717, 1.165) is 12.5 Å². The van der Waals surface area contributed by atoms with Gasteiger partial charge in [-0.05, 0) is 36.6 Å². The molecule has 0 amide bonds. The lowest BCUT2D eigenvalue weighted by molar-refractivity contribution is 0.0917. The van der Waals surface area contributed by atoms with Crippen LogP contribution in [0.3, 0.4) is 0 Å². The molecule has 0 radical (unpaired) electrons. The third-order valence-corrected chi connectivity index (χ3v) is 3.65. The molecule has 1 unspecified atom stereocenters. The van der Waals surface area contributed by atoms with Crippen LogP contribution in [0.4, 0.5) is 0 Å². The Morgan fingerprint density at radius 1 is 1.42 bits per heavy atom. The maximum absolute atomic E-state index is 5.72. The fourth-order valence-corrected chi connectivity index (χ4v) is 2.74. The summed E-state index contributed by atoms with van der Waals surface area (Å²) < 4.78 is 0. The van der Waals surface area contributed by atoms with E-state index in [4.69, 9.17) is 5.73 Å². The molecule has 1 nitrogen and oxygen atoms in total. The molecule has 0 aromatic heterocycles. The van der Waals surface area contributed by atoms with E-state index in [1.807, 2.05) is 0 Å². The van der Waals surface area contributed by atoms with Crippen LogP contribution in [0, 0.1) is 17.3 Å². The first-order valence-corrected chi connectivity index (χ1v) is 5.28. The van der Waals surface area contributed by atoms with Gasteiger partial charge in [-0.3, -0.25) is 0 Å². The molecule has 0 spiro atoms. The Bertz CT molecular complexity index is 140. The Labute approximate surface area is 76.7 Å². The maximum Gasteiger partial charge on any atom is -0.00487 e. The highest BCUT2D eigenvalue weighted by atomic mass is 14.6. The quantitative estimate of drug-likeness (QED) is 0.676. The summed E-state index contributed by atoms with van der Waals surface area (Å²) in [6.45, 7) is 7.97. The molecular formula is C11H23N. The number of hydrogen-bond acceptors (Lipinski definition) is 1. The predicted octanol–water partition coefficient (Wildman–Crippen LogP) is 2.80. The standard InChI is InChI=1S/C11H23N/c1-9(8-12)10-6-4-5-7-11(10,2)3/h9-10H,4-8,12H2,1-3H3/t9-,10?/m0/s1. The predicted molar refractivity (Wildman–Crippen MR) is 54.0 cm³/mol. The van der Waals surface area contributed by atoms with Gasteiger partial charge >= 0.3 is 0 Å². The summed E-state index contributed by atoms with van der Waals surface area (Å²) in [7, 11) is 0. The highest BCUT2D eigenvalue weighted by Crippen LogP contribution is 2.43. The van der Waals surface area contributed by atoms with Gasteiger partial charge in [0.15, 0.2) is 0 Å². The molecule has 0 aromatic carbocycles. The van der Waals surface area contributed by atoms with Gasteiger partial charge in [0.2, 0.25) is 0 Å². The van der Waals surface area contributed by atoms with Crippen LogP contribution in [0.2, 0.25) is 0 Å². The van der Waals surface area contributed by atoms with Crippen LogP contribution in [0.15, 0.2) is 0 Å². The molecule has 72 valence electrons. The highest BCUT2D eigenvalue weighted by Gasteiger charge is 2.34. The average Bonchev–Trinajstić information content (AvgIpc) is 2.02. The van der Waals surface area contributed by atoms with E-state index in [9.17, 15) is 0 Å². The van der Waals surface area contributed by atoms with E-state index in [2.05, 4.69) is 20.8 Å². The van der Waals surface area contributed by atoms with Crippen molar-refractivity contribution in [1.29, 1.82) is 0 Å². The third kappa shape index (κ3) is 2.01. The summed E-state index contributed by atoms with van der Waals surface area (Å²) in [6.07, 6.45) is 5.62. The Kier molecular flexibility index (Phi) is 3.16. The van der Waals surface area contributed by atoms with Crippen LogP contribution in [-0.4, -0.2) is 6.54 Å². The van der Waals surface area contributed by atoms with Crippen molar-refractivity contribution >= 4 is 0 Å². The van der Waals surface area contributed by atoms with Crippen molar-refractivity contribution in [3.05, 3.63) is 0 Å². The SMILES string of the molecule is C[C@@H](CN)C1CCCCC1(C)C. The van der Waals surface area contributed by atoms with E-state index in [1.54, 1.807) is 0 Å². The zero-order chi connectivity index (χ0) is 9.19. The van der Waals surface area contributed by atoms with Gasteiger partial charge in [-0.2, -0.15) is 0 Å². The minimum absolute atomic E-state index is 0.539. The molecule has 1 heteroatoms. The van der Waals surface area contributed by atoms with Crippen LogP contribution in [0.5, 0.6) is 0 Å². The maximum atomic E-state index is 5.72. The molecule has 0 saturated heterocycles. The molecule has 0 heterocycles. The van der Waals surface area contributed by atoms with Gasteiger partial charge < -0.3 is 5.73 Å². The Hall–Kier alpha value is -0.0400. The molecule has 1 aliphatic rings. The van der Waals surface area contributed by atoms with Crippen molar-refractivity contribution < 1.29 is 0 Å². The van der Waals surface area contributed by atoms with Crippen LogP contribution in [0.1, 0.15) is 46.5 Å². The van der Waals surface area contributed by atoms with E-state index >= 15 is 0 Å². The van der Waals surface area contributed by atoms with E-state index in [0.29, 0.717) is 11.3 Å². The zero-order valence-electron chi connectivity index (χ0n) is 8.77. The summed E-state index contributed by atoms with van der Waals surface area (Å²) in [6, 6.07) is 0. The van der Waals surface area contributed by atoms with Crippen molar-refractivity contribution in [2.75, 3.05) is 6.54 Å². The van der Waals surface area contributed by atoms with Gasteiger partial charge in [0.1, 0.15) is 0 Å². The second kappa shape index (κ2) is 3.78. The fraction of sp³-hybridized carbons (Fsp3) is 1.00. The molecular weight excluding hydrogens is 146 g/mol. The summed E-state index contributed by atoms with van der Waals surface area (Å²) in [5.74, 6) is 1.57. The normalized spacial score (nSPS) is 31.5. The number of nitrogens with two attached hydrogens (primary N) is 1. The van der Waals surface area contributed by atoms with Gasteiger partial charge in [0, 0.05) is 0 Å². The monoisotopic (exact) mass is 169 g/mol. The van der Waals surface area contributed by atoms with Gasteiger partial charge in [0.25, 0.3) is 0 Å². The topological polar surface area (TPSA) is 26.0 Å². The Balaban J connectivity index is 2.59. The molecule has 0 aromatic rings. The number of hydrogen-bond donors (Lipinski definition) is 1. The lowest BCUT2D eigenvalue weighted by atomic mass is 9.64. The lowest BCUT2D eigenvalue weighted by Gasteiger charge is -2.42. The van der Waals surface area contributed by atoms with E-state index in [1.165, 1.54) is 25.7 Å². The average molecular weight is 169 g/mol. The van der Waals surface area contributed by atoms with Crippen molar-refractivity contribution in [2.45, 2.75) is 46.5 Å². The first-order valence-electron chi connectivity index (χ1n) is 5.28. The highest BCUT2D eigenvalue weighted by molar-refractivity contribution is 4.85. The van der Waals surface area contributed by atoms with E-state index < -0.39 is 0 Å². The largest absolute Gasteiger partial charge is 0.330 e. The fourth-order valence-electron chi connectivity index (χ4n) is 2.74. The summed E-state index contributed by atoms with van der Waals surface area (Å²) in [5, 5.41) is 0. The number of rotatable bonds is 2. The molecule has 2 atom stereocenters. The van der Waals surface area contributed by atoms with Crippen molar-refractivity contribution in [2.24, 2.45) is 23.0 Å². The van der Waals surface area contributed by atoms with Crippen molar-refractivity contribution in [1.82, 2.24) is 0 Å². The zero-order valence-corrected chi connectivity index (χ0v) is 8.77. The molecule has 1 rings (SSSR count). The molecule has 2 N–H and O–H groups in total. The van der Waals surface area contributed by atoms with Crippen molar-refractivity contribution in [3.8, 4) is 0 Å². The smallest absolute Gasteiger partial charge is 0.00487 e. The van der Waals surface area contributed by atoms with Gasteiger partial charge in [0.05, 0.1) is 0 Å². The molecule has 1 aliphatic carbocycles. The second-order valence-corrected chi connectivity index (χ2v) is 5.05. The minimum atomic E-state index is 0.539. The third-order valence-electron chi connectivity index (χ3n) is 3.65. The van der Waals surface area contributed by atoms with Gasteiger partial charge in [-0.1, -0.05) is 33.6 Å². The van der Waals surface area contributed by atoms with Crippen molar-refractivity contribution in [3.63, 3.8) is 0 Å². The summed E-state index contributed by atoms with van der Waals surface area (Å²) in [4.78, 5) is 0. The summed E-state index contributed by atoms with van der Waals surface area (Å²) >= 11 is 0. The van der Waals surface area contributed by atoms with Crippen LogP contribution >= 0.6 is 0 Å². The second-order valence-electron chi connectivity index (χ2n) is 5.05. The minimum Gasteiger partial charge on any atom is -0.330 e. The van der Waals surface area contributed by atoms with E-state index in [-0.39, 0.29) is 0 Å². The molecule has 0 aliphatic heterocycles. The van der Waals surface area contributed by atoms with Crippen LogP contribution < -0.4 is 5.73 Å². The summed E-state index contributed by atoms with van der Waals surface area (Å²) in [5.41, 5.74) is 6.26. The van der Waals surface area contributed by atoms with Gasteiger partial charge in [-0.25, -0.2) is 0 Å². The van der Waals surface area contributed by atoms with Gasteiger partial charge in [-0.15, -0.1) is 0 Å². The van der Waals surface area contributed by atoms with Crippen LogP contribution in [0.25, 0.3) is 0 Å². The molecule has 0 bridgehead atoms. The Morgan fingerprint density at radius 2 is 2.08 bits per heavy atom. The molecule has 1 saturated carbocycles. The Morgan fingerprint density at radius 3 is 2.58 bits per heavy atom. The lowest BCUT2D eigenvalue weighted by Crippen LogP contribution is -2.35.